The van der Waals surface area contributed by atoms with E-state index in [1.165, 1.54) is 4.90 Å². The second kappa shape index (κ2) is 4.01. The van der Waals surface area contributed by atoms with Gasteiger partial charge in [0, 0.05) is 29.9 Å². The van der Waals surface area contributed by atoms with Gasteiger partial charge in [-0.05, 0) is 31.0 Å². The van der Waals surface area contributed by atoms with Crippen LogP contribution in [0.15, 0.2) is 24.3 Å². The van der Waals surface area contributed by atoms with Crippen LogP contribution in [0.2, 0.25) is 0 Å². The summed E-state index contributed by atoms with van der Waals surface area (Å²) >= 11 is 0. The lowest BCUT2D eigenvalue weighted by Gasteiger charge is -2.21. The van der Waals surface area contributed by atoms with Gasteiger partial charge in [0.15, 0.2) is 0 Å². The average Bonchev–Trinajstić information content (AvgIpc) is 2.80. The van der Waals surface area contributed by atoms with Crippen LogP contribution in [0.5, 0.6) is 0 Å². The van der Waals surface area contributed by atoms with Crippen molar-refractivity contribution in [3.05, 3.63) is 29.8 Å². The summed E-state index contributed by atoms with van der Waals surface area (Å²) < 4.78 is 22.4. The number of hydrogen-bond acceptors (Lipinski definition) is 2. The number of nitrogens with one attached hydrogen (secondary N) is 1. The first-order chi connectivity index (χ1) is 8.00. The molecule has 2 heteroatoms. The third-order valence-corrected chi connectivity index (χ3v) is 2.73. The molecule has 1 aliphatic rings. The van der Waals surface area contributed by atoms with Crippen molar-refractivity contribution in [2.45, 2.75) is 18.9 Å². The Hall–Kier alpha value is -1.02. The van der Waals surface area contributed by atoms with Crippen molar-refractivity contribution in [3.63, 3.8) is 0 Å². The van der Waals surface area contributed by atoms with Gasteiger partial charge in [-0.25, -0.2) is 0 Å². The molecular weight excluding hydrogens is 172 g/mol. The summed E-state index contributed by atoms with van der Waals surface area (Å²) in [6, 6.07) is 8.03. The largest absolute Gasteiger partial charge is 0.377 e. The first-order valence-electron chi connectivity index (χ1n) is 6.56. The van der Waals surface area contributed by atoms with Crippen LogP contribution in [0.4, 0.5) is 5.69 Å². The zero-order valence-corrected chi connectivity index (χ0v) is 8.46. The average molecular weight is 193 g/mol. The van der Waals surface area contributed by atoms with Crippen LogP contribution in [-0.4, -0.2) is 20.6 Å². The van der Waals surface area contributed by atoms with Crippen molar-refractivity contribution >= 4 is 5.69 Å². The van der Waals surface area contributed by atoms with Crippen LogP contribution < -0.4 is 10.2 Å². The highest BCUT2D eigenvalue weighted by molar-refractivity contribution is 5.54. The van der Waals surface area contributed by atoms with Gasteiger partial charge in [-0.1, -0.05) is 18.2 Å². The predicted molar refractivity (Wildman–Crippen MR) is 60.7 cm³/mol. The molecule has 2 nitrogen and oxygen atoms in total. The summed E-state index contributed by atoms with van der Waals surface area (Å²) in [5, 5.41) is 3.41. The standard InChI is InChI=1S/C12H18N2/c1-14(2)12-8-4-3-6-10(12)11-7-5-9-13-11/h3-4,6,8,11,13H,5,7,9H2,1-2H3/t11-/m0/s1/i1D3. The van der Waals surface area contributed by atoms with Gasteiger partial charge in [0.25, 0.3) is 0 Å². The van der Waals surface area contributed by atoms with Crippen molar-refractivity contribution in [2.24, 2.45) is 0 Å². The first kappa shape index (κ1) is 6.46. The molecule has 1 N–H and O–H groups in total. The van der Waals surface area contributed by atoms with E-state index in [0.717, 1.165) is 30.6 Å². The van der Waals surface area contributed by atoms with Crippen molar-refractivity contribution in [1.82, 2.24) is 5.32 Å². The Morgan fingerprint density at radius 2 is 2.36 bits per heavy atom. The second-order valence-corrected chi connectivity index (χ2v) is 3.77. The molecule has 1 aliphatic heterocycles. The normalized spacial score (nSPS) is 25.2. The monoisotopic (exact) mass is 193 g/mol. The van der Waals surface area contributed by atoms with Gasteiger partial charge in [-0.3, -0.25) is 0 Å². The van der Waals surface area contributed by atoms with E-state index in [4.69, 9.17) is 4.11 Å². The molecule has 14 heavy (non-hydrogen) atoms. The lowest BCUT2D eigenvalue weighted by atomic mass is 10.0. The Labute approximate surface area is 90.1 Å². The van der Waals surface area contributed by atoms with Crippen LogP contribution in [-0.2, 0) is 0 Å². The van der Waals surface area contributed by atoms with Gasteiger partial charge in [0.05, 0.1) is 0 Å². The molecule has 1 aromatic carbocycles. The third-order valence-electron chi connectivity index (χ3n) is 2.73. The molecule has 0 spiro atoms. The van der Waals surface area contributed by atoms with Gasteiger partial charge in [-0.15, -0.1) is 0 Å². The molecule has 1 fully saturated rings. The molecule has 0 saturated carbocycles. The van der Waals surface area contributed by atoms with Gasteiger partial charge in [0.2, 0.25) is 0 Å². The van der Waals surface area contributed by atoms with Crippen molar-refractivity contribution in [2.75, 3.05) is 25.5 Å². The minimum Gasteiger partial charge on any atom is -0.377 e. The Balaban J connectivity index is 2.33. The van der Waals surface area contributed by atoms with E-state index in [9.17, 15) is 0 Å². The van der Waals surface area contributed by atoms with E-state index >= 15 is 0 Å². The first-order valence-corrected chi connectivity index (χ1v) is 5.06. The molecule has 1 heterocycles. The Morgan fingerprint density at radius 3 is 3.07 bits per heavy atom. The van der Waals surface area contributed by atoms with Gasteiger partial charge < -0.3 is 10.2 Å². The van der Waals surface area contributed by atoms with Crippen LogP contribution in [0.3, 0.4) is 0 Å². The summed E-state index contributed by atoms with van der Waals surface area (Å²) in [4.78, 5) is 1.38. The minimum atomic E-state index is -2.09. The fraction of sp³-hybridized carbons (Fsp3) is 0.500. The topological polar surface area (TPSA) is 15.3 Å². The van der Waals surface area contributed by atoms with E-state index < -0.39 is 6.98 Å². The van der Waals surface area contributed by atoms with E-state index in [2.05, 4.69) is 5.32 Å². The lowest BCUT2D eigenvalue weighted by Crippen LogP contribution is -2.18. The highest BCUT2D eigenvalue weighted by Gasteiger charge is 2.19. The van der Waals surface area contributed by atoms with Crippen LogP contribution >= 0.6 is 0 Å². The Kier molecular flexibility index (Phi) is 1.85. The minimum absolute atomic E-state index is 0.288. The molecule has 1 atom stereocenters. The molecule has 1 aromatic rings. The molecule has 0 unspecified atom stereocenters. The number of benzene rings is 1. The fourth-order valence-corrected chi connectivity index (χ4v) is 2.04. The maximum Gasteiger partial charge on any atom is 0.0456 e. The fourth-order valence-electron chi connectivity index (χ4n) is 2.04. The summed E-state index contributed by atoms with van der Waals surface area (Å²) in [6.07, 6.45) is 2.22. The smallest absolute Gasteiger partial charge is 0.0456 e. The molecule has 1 saturated heterocycles. The number of hydrogen-bond donors (Lipinski definition) is 1. The predicted octanol–water partition coefficient (Wildman–Crippen LogP) is 2.18. The van der Waals surface area contributed by atoms with E-state index in [-0.39, 0.29) is 6.04 Å². The quantitative estimate of drug-likeness (QED) is 0.774. The van der Waals surface area contributed by atoms with Crippen LogP contribution in [0.1, 0.15) is 28.6 Å². The third kappa shape index (κ3) is 1.75. The van der Waals surface area contributed by atoms with Crippen molar-refractivity contribution in [1.29, 1.82) is 0 Å². The summed E-state index contributed by atoms with van der Waals surface area (Å²) in [7, 11) is 1.63. The van der Waals surface area contributed by atoms with Gasteiger partial charge in [-0.2, -0.15) is 0 Å². The van der Waals surface area contributed by atoms with Crippen LogP contribution in [0, 0.1) is 0 Å². The van der Waals surface area contributed by atoms with Gasteiger partial charge >= 0.3 is 0 Å². The summed E-state index contributed by atoms with van der Waals surface area (Å²) in [5.74, 6) is 0. The van der Waals surface area contributed by atoms with E-state index in [1.54, 1.807) is 7.05 Å². The molecule has 0 aliphatic carbocycles. The summed E-state index contributed by atoms with van der Waals surface area (Å²) in [5.41, 5.74) is 1.88. The van der Waals surface area contributed by atoms with E-state index in [0.29, 0.717) is 0 Å². The van der Waals surface area contributed by atoms with Crippen molar-refractivity contribution < 1.29 is 4.11 Å². The Bertz CT molecular complexity index is 384. The van der Waals surface area contributed by atoms with Crippen molar-refractivity contribution in [3.8, 4) is 0 Å². The van der Waals surface area contributed by atoms with E-state index in [1.807, 2.05) is 24.3 Å². The highest BCUT2D eigenvalue weighted by Crippen LogP contribution is 2.30. The molecular formula is C12H18N2. The molecule has 76 valence electrons. The maximum absolute atomic E-state index is 7.48. The number of para-hydroxylation sites is 1. The lowest BCUT2D eigenvalue weighted by molar-refractivity contribution is 0.647. The molecule has 0 aromatic heterocycles. The summed E-state index contributed by atoms with van der Waals surface area (Å²) in [6.45, 7) is -1.08. The molecule has 0 radical (unpaired) electrons. The highest BCUT2D eigenvalue weighted by atomic mass is 15.1. The number of anilines is 1. The van der Waals surface area contributed by atoms with Crippen LogP contribution in [0.25, 0.3) is 0 Å². The van der Waals surface area contributed by atoms with Gasteiger partial charge in [0.1, 0.15) is 0 Å². The molecule has 0 bridgehead atoms. The maximum atomic E-state index is 7.48. The zero-order valence-electron chi connectivity index (χ0n) is 11.5. The number of nitrogens with zero attached hydrogens (tertiary/aromatic N) is 1. The zero-order chi connectivity index (χ0) is 12.5. The second-order valence-electron chi connectivity index (χ2n) is 3.77. The SMILES string of the molecule is [2H]C([2H])([2H])N(C)c1ccccc1[C@@H]1CCCN1. The molecule has 2 rings (SSSR count). The molecule has 0 amide bonds. The Morgan fingerprint density at radius 1 is 1.50 bits per heavy atom. The number of rotatable bonds is 2.